The van der Waals surface area contributed by atoms with Gasteiger partial charge in [-0.1, -0.05) is 425 Å². The second kappa shape index (κ2) is 32.2. The van der Waals surface area contributed by atoms with Gasteiger partial charge in [0.1, 0.15) is 0 Å². The van der Waals surface area contributed by atoms with E-state index in [1.807, 2.05) is 0 Å². The smallest absolute Gasteiger partial charge is 0.000705 e. The topological polar surface area (TPSA) is 0 Å². The zero-order valence-electron chi connectivity index (χ0n) is 80.1. The molecule has 0 N–H and O–H groups in total. The lowest BCUT2D eigenvalue weighted by Gasteiger charge is -2.14. The van der Waals surface area contributed by atoms with Gasteiger partial charge in [0.05, 0.1) is 0 Å². The highest BCUT2D eigenvalue weighted by molar-refractivity contribution is 6.12. The van der Waals surface area contributed by atoms with Crippen molar-refractivity contribution in [1.82, 2.24) is 0 Å². The first-order chi connectivity index (χ1) is 71.4. The Labute approximate surface area is 839 Å². The fourth-order valence-electron chi connectivity index (χ4n) is 28.0. The van der Waals surface area contributed by atoms with Gasteiger partial charge in [-0.25, -0.2) is 0 Å². The molecule has 144 heavy (non-hydrogen) atoms. The third-order valence-corrected chi connectivity index (χ3v) is 34.2. The molecule has 24 aromatic rings. The normalized spacial score (nSPS) is 13.5. The Morgan fingerprint density at radius 1 is 0.0903 bits per heavy atom. The molecule has 0 fully saturated rings. The molecule has 0 aliphatic heterocycles. The first-order valence-electron chi connectivity index (χ1n) is 51.8. The van der Waals surface area contributed by atoms with Crippen LogP contribution in [0.5, 0.6) is 0 Å². The summed E-state index contributed by atoms with van der Waals surface area (Å²) < 4.78 is 0. The van der Waals surface area contributed by atoms with Crippen LogP contribution in [0, 0.1) is 0 Å². The average Bonchev–Trinajstić information content (AvgIpc) is 1.56. The third-order valence-electron chi connectivity index (χ3n) is 34.2. The van der Waals surface area contributed by atoms with Gasteiger partial charge >= 0.3 is 0 Å². The number of benzene rings is 24. The summed E-state index contributed by atoms with van der Waals surface area (Å²) in [5.41, 5.74) is 70.7. The van der Waals surface area contributed by atoms with Crippen LogP contribution in [0.2, 0.25) is 0 Å². The van der Waals surface area contributed by atoms with Crippen molar-refractivity contribution in [3.05, 3.63) is 570 Å². The Kier molecular flexibility index (Phi) is 18.3. The predicted molar refractivity (Wildman–Crippen MR) is 603 cm³/mol. The van der Waals surface area contributed by atoms with Gasteiger partial charge in [0, 0.05) is 0 Å². The van der Waals surface area contributed by atoms with Gasteiger partial charge in [-0.05, 0) is 421 Å². The van der Waals surface area contributed by atoms with Crippen LogP contribution >= 0.6 is 0 Å². The van der Waals surface area contributed by atoms with E-state index in [-0.39, 0.29) is 0 Å². The van der Waals surface area contributed by atoms with Gasteiger partial charge in [-0.2, -0.15) is 0 Å². The highest BCUT2D eigenvalue weighted by atomic mass is 14.4. The zero-order chi connectivity index (χ0) is 94.0. The summed E-state index contributed by atoms with van der Waals surface area (Å²) in [7, 11) is 0. The molecule has 0 bridgehead atoms. The van der Waals surface area contributed by atoms with E-state index in [2.05, 4.69) is 437 Å². The summed E-state index contributed by atoms with van der Waals surface area (Å²) in [6.45, 7) is 0. The van der Waals surface area contributed by atoms with Crippen molar-refractivity contribution in [2.75, 3.05) is 0 Å². The molecule has 12 aliphatic carbocycles. The third kappa shape index (κ3) is 12.6. The van der Waals surface area contributed by atoms with Crippen LogP contribution in [0.1, 0.15) is 134 Å². The van der Waals surface area contributed by atoms with Crippen LogP contribution in [-0.4, -0.2) is 0 Å². The highest BCUT2D eigenvalue weighted by Gasteiger charge is 2.38. The van der Waals surface area contributed by atoms with Crippen molar-refractivity contribution in [3.63, 3.8) is 0 Å². The van der Waals surface area contributed by atoms with E-state index in [1.54, 1.807) is 0 Å². The Bertz CT molecular complexity index is 9200. The second-order valence-corrected chi connectivity index (χ2v) is 41.8. The zero-order valence-corrected chi connectivity index (χ0v) is 80.1. The van der Waals surface area contributed by atoms with Crippen molar-refractivity contribution in [2.45, 2.75) is 77.0 Å². The number of rotatable bonds is 0. The SMILES string of the molecule is c1ccc2c(c1)Cc1c-2c2c(c3ccccc13)Cc1ccccc1-2.c1ccc2c(c1)Cc1ccc3c(c1-2)-c1c(ccc2ccccc12)C3.c1ccc2c(c1)Cc1ccc3c(c1-2)-c1c(ccc2ccccc12)C3.c1ccc2c(c1)Cc1ccc3c(c1-2)-c1cc2ccccc2cc1C3.c1ccc2c(c1)Cc1ccc3c(c1-2)-c1cc2ccccc2cc1C3.c1ccc2c(c1)Cc1ccc3c(c1-2)-c1ccc2ccccc2c1C3. The second-order valence-electron chi connectivity index (χ2n) is 41.8. The molecule has 0 atom stereocenters. The monoisotopic (exact) mass is 1820 g/mol. The first kappa shape index (κ1) is 81.7. The Balaban J connectivity index is 0.0000000788. The standard InChI is InChI=1S/6C24H16/c1-3-9-17-15(7-1)13-21-19-11-5-6-12-20(19)22-14-16-8-2-4-10-18(16)24(22)23(17)21;1-3-7-19-15(5-1)11-12-21-22(19)14-18-10-9-17-13-16-6-2-4-8-20(16)23(17)24(18)21;2*1-3-7-20-15(5-1)9-10-18-14-19-12-11-17-13-16-6-2-4-8-21(16)23(17)24(19)22(18)20;2*1-2-6-16-14-22-20(11-15(16)5-1)13-19-10-9-18-12-17-7-3-4-8-21(17)23(18)24(19)22/h4*1-12H,13-14H2;2*1-11,14H,12-13H2. The van der Waals surface area contributed by atoms with Gasteiger partial charge in [0.2, 0.25) is 0 Å². The van der Waals surface area contributed by atoms with Crippen molar-refractivity contribution < 1.29 is 0 Å². The quantitative estimate of drug-likeness (QED) is 0.142. The largest absolute Gasteiger partial charge is 0.0619 e. The Morgan fingerprint density at radius 2 is 0.292 bits per heavy atom. The lowest BCUT2D eigenvalue weighted by atomic mass is 9.89. The van der Waals surface area contributed by atoms with E-state index in [9.17, 15) is 0 Å². The van der Waals surface area contributed by atoms with Gasteiger partial charge in [-0.15, -0.1) is 0 Å². The summed E-state index contributed by atoms with van der Waals surface area (Å²) in [6.07, 6.45) is 12.8. The Hall–Kier alpha value is -17.2. The van der Waals surface area contributed by atoms with E-state index in [1.165, 1.54) is 332 Å². The molecule has 672 valence electrons. The van der Waals surface area contributed by atoms with Gasteiger partial charge in [0.25, 0.3) is 0 Å². The van der Waals surface area contributed by atoms with Crippen molar-refractivity contribution in [3.8, 4) is 134 Å². The number of fused-ring (bicyclic) bond motifs is 53. The maximum absolute atomic E-state index is 2.40. The van der Waals surface area contributed by atoms with Crippen LogP contribution in [0.25, 0.3) is 198 Å². The molecule has 0 saturated heterocycles. The van der Waals surface area contributed by atoms with Crippen LogP contribution < -0.4 is 0 Å². The molecule has 0 heteroatoms. The van der Waals surface area contributed by atoms with Gasteiger partial charge in [0.15, 0.2) is 0 Å². The Morgan fingerprint density at radius 3 is 0.639 bits per heavy atom. The maximum Gasteiger partial charge on any atom is -0.000705 e. The molecule has 0 radical (unpaired) electrons. The molecular formula is C144H96. The summed E-state index contributed by atoms with van der Waals surface area (Å²) in [5, 5.41) is 16.5. The lowest BCUT2D eigenvalue weighted by molar-refractivity contribution is 1.23. The fourth-order valence-corrected chi connectivity index (χ4v) is 28.0. The maximum atomic E-state index is 2.40. The molecule has 0 spiro atoms. The van der Waals surface area contributed by atoms with E-state index >= 15 is 0 Å². The minimum absolute atomic E-state index is 1.06. The first-order valence-corrected chi connectivity index (χ1v) is 51.8. The molecule has 24 aromatic carbocycles. The molecule has 0 nitrogen and oxygen atoms in total. The number of hydrogen-bond acceptors (Lipinski definition) is 0. The summed E-state index contributed by atoms with van der Waals surface area (Å²) >= 11 is 0. The molecule has 12 aliphatic rings. The minimum atomic E-state index is 1.06. The molecule has 0 unspecified atom stereocenters. The van der Waals surface area contributed by atoms with Crippen molar-refractivity contribution >= 4 is 64.6 Å². The fraction of sp³-hybridized carbons (Fsp3) is 0.0833. The van der Waals surface area contributed by atoms with E-state index in [0.29, 0.717) is 0 Å². The van der Waals surface area contributed by atoms with Crippen LogP contribution in [0.15, 0.2) is 437 Å². The minimum Gasteiger partial charge on any atom is -0.0619 e. The van der Waals surface area contributed by atoms with Crippen LogP contribution in [0.4, 0.5) is 0 Å². The molecule has 36 rings (SSSR count). The molecule has 0 amide bonds. The number of hydrogen-bond donors (Lipinski definition) is 0. The summed E-state index contributed by atoms with van der Waals surface area (Å²) in [4.78, 5) is 0. The van der Waals surface area contributed by atoms with E-state index in [4.69, 9.17) is 0 Å². The summed E-state index contributed by atoms with van der Waals surface area (Å²) in [5.74, 6) is 0. The van der Waals surface area contributed by atoms with Gasteiger partial charge < -0.3 is 0 Å². The molecule has 0 aromatic heterocycles. The molecule has 0 saturated carbocycles. The van der Waals surface area contributed by atoms with Crippen molar-refractivity contribution in [1.29, 1.82) is 0 Å². The highest BCUT2D eigenvalue weighted by Crippen LogP contribution is 2.59. The average molecular weight is 1830 g/mol. The van der Waals surface area contributed by atoms with Crippen LogP contribution in [-0.2, 0) is 77.0 Å². The van der Waals surface area contributed by atoms with E-state index < -0.39 is 0 Å². The molecular weight excluding hydrogens is 1730 g/mol. The predicted octanol–water partition coefficient (Wildman–Crippen LogP) is 35.9. The summed E-state index contributed by atoms with van der Waals surface area (Å²) in [6, 6.07) is 162. The lowest BCUT2D eigenvalue weighted by Crippen LogP contribution is -1.92. The van der Waals surface area contributed by atoms with Gasteiger partial charge in [-0.3, -0.25) is 0 Å². The van der Waals surface area contributed by atoms with Crippen LogP contribution in [0.3, 0.4) is 0 Å². The van der Waals surface area contributed by atoms with E-state index in [0.717, 1.165) is 77.0 Å². The molecule has 0 heterocycles. The van der Waals surface area contributed by atoms with Crippen molar-refractivity contribution in [2.24, 2.45) is 0 Å².